The molecule has 0 aliphatic carbocycles. The highest BCUT2D eigenvalue weighted by Crippen LogP contribution is 2.18. The normalized spacial score (nSPS) is 14.5. The number of aromatic nitrogens is 1. The number of hydrogen-bond donors (Lipinski definition) is 1. The second-order valence-electron chi connectivity index (χ2n) is 6.08. The minimum absolute atomic E-state index is 0.0540. The molecule has 0 radical (unpaired) electrons. The van der Waals surface area contributed by atoms with Crippen molar-refractivity contribution >= 4 is 17.5 Å². The minimum atomic E-state index is -0.263. The highest BCUT2D eigenvalue weighted by molar-refractivity contribution is 6.05. The van der Waals surface area contributed by atoms with Crippen LogP contribution in [0.25, 0.3) is 0 Å². The second-order valence-corrected chi connectivity index (χ2v) is 6.08. The van der Waals surface area contributed by atoms with Gasteiger partial charge in [0.05, 0.1) is 5.69 Å². The van der Waals surface area contributed by atoms with E-state index in [2.05, 4.69) is 10.5 Å². The zero-order valence-electron chi connectivity index (χ0n) is 14.0. The number of carbonyl (C=O) groups excluding carboxylic acids is 2. The number of anilines is 1. The highest BCUT2D eigenvalue weighted by atomic mass is 16.5. The number of likely N-dealkylation sites (tertiary alicyclic amines) is 1. The van der Waals surface area contributed by atoms with Gasteiger partial charge < -0.3 is 14.7 Å². The summed E-state index contributed by atoms with van der Waals surface area (Å²) in [5.74, 6) is 0.279. The number of nitrogens with zero attached hydrogens (tertiary/aromatic N) is 2. The van der Waals surface area contributed by atoms with Crippen molar-refractivity contribution in [3.63, 3.8) is 0 Å². The molecule has 1 saturated heterocycles. The summed E-state index contributed by atoms with van der Waals surface area (Å²) in [6.07, 6.45) is 3.32. The van der Waals surface area contributed by atoms with Gasteiger partial charge in [0, 0.05) is 24.3 Å². The van der Waals surface area contributed by atoms with Crippen LogP contribution in [0.5, 0.6) is 0 Å². The van der Waals surface area contributed by atoms with E-state index in [-0.39, 0.29) is 11.8 Å². The van der Waals surface area contributed by atoms with Crippen LogP contribution < -0.4 is 5.32 Å². The number of piperidine rings is 1. The van der Waals surface area contributed by atoms with E-state index in [0.29, 0.717) is 28.3 Å². The topological polar surface area (TPSA) is 75.4 Å². The van der Waals surface area contributed by atoms with Gasteiger partial charge in [-0.2, -0.15) is 0 Å². The average molecular weight is 327 g/mol. The maximum absolute atomic E-state index is 12.4. The smallest absolute Gasteiger partial charge is 0.261 e. The molecule has 3 rings (SSSR count). The molecular weight excluding hydrogens is 306 g/mol. The molecule has 0 unspecified atom stereocenters. The van der Waals surface area contributed by atoms with E-state index in [9.17, 15) is 9.59 Å². The molecule has 2 amide bonds. The fourth-order valence-electron chi connectivity index (χ4n) is 2.98. The molecule has 0 bridgehead atoms. The summed E-state index contributed by atoms with van der Waals surface area (Å²) in [7, 11) is 0. The Balaban J connectivity index is 1.68. The number of nitrogens with one attached hydrogen (secondary N) is 1. The molecule has 0 saturated carbocycles. The third-order valence-corrected chi connectivity index (χ3v) is 4.29. The van der Waals surface area contributed by atoms with Crippen LogP contribution >= 0.6 is 0 Å². The number of hydrogen-bond acceptors (Lipinski definition) is 4. The van der Waals surface area contributed by atoms with E-state index < -0.39 is 0 Å². The number of aryl methyl sites for hydroxylation is 2. The third-order valence-electron chi connectivity index (χ3n) is 4.29. The molecule has 2 aromatic rings. The summed E-state index contributed by atoms with van der Waals surface area (Å²) in [6, 6.07) is 6.99. The first-order valence-corrected chi connectivity index (χ1v) is 8.20. The zero-order chi connectivity index (χ0) is 17.1. The van der Waals surface area contributed by atoms with Crippen molar-refractivity contribution in [2.75, 3.05) is 18.4 Å². The molecule has 1 aromatic carbocycles. The summed E-state index contributed by atoms with van der Waals surface area (Å²) in [6.45, 7) is 5.08. The van der Waals surface area contributed by atoms with Gasteiger partial charge in [0.1, 0.15) is 11.3 Å². The second kappa shape index (κ2) is 6.86. The molecule has 0 spiro atoms. The summed E-state index contributed by atoms with van der Waals surface area (Å²) in [4.78, 5) is 26.6. The lowest BCUT2D eigenvalue weighted by Gasteiger charge is -2.26. The zero-order valence-corrected chi connectivity index (χ0v) is 14.0. The molecule has 6 heteroatoms. The predicted molar refractivity (Wildman–Crippen MR) is 90.1 cm³/mol. The first kappa shape index (κ1) is 16.2. The molecule has 1 fully saturated rings. The first-order chi connectivity index (χ1) is 11.6. The lowest BCUT2D eigenvalue weighted by molar-refractivity contribution is 0.0724. The standard InChI is InChI=1S/C18H21N3O3/c1-12-16(13(2)24-20-12)17(22)19-15-8-6-14(7-9-15)18(23)21-10-4-3-5-11-21/h6-9H,3-5,10-11H2,1-2H3,(H,19,22). The fourth-order valence-corrected chi connectivity index (χ4v) is 2.98. The Bertz CT molecular complexity index is 724. The predicted octanol–water partition coefficient (Wildman–Crippen LogP) is 3.17. The van der Waals surface area contributed by atoms with Crippen LogP contribution in [0, 0.1) is 13.8 Å². The molecule has 0 atom stereocenters. The van der Waals surface area contributed by atoms with Gasteiger partial charge >= 0.3 is 0 Å². The molecule has 126 valence electrons. The van der Waals surface area contributed by atoms with Crippen molar-refractivity contribution < 1.29 is 14.1 Å². The van der Waals surface area contributed by atoms with E-state index in [0.717, 1.165) is 25.9 Å². The molecular formula is C18H21N3O3. The van der Waals surface area contributed by atoms with Crippen molar-refractivity contribution in [1.29, 1.82) is 0 Å². The lowest BCUT2D eigenvalue weighted by Crippen LogP contribution is -2.35. The first-order valence-electron chi connectivity index (χ1n) is 8.20. The highest BCUT2D eigenvalue weighted by Gasteiger charge is 2.19. The quantitative estimate of drug-likeness (QED) is 0.939. The Morgan fingerprint density at radius 2 is 1.75 bits per heavy atom. The largest absolute Gasteiger partial charge is 0.361 e. The van der Waals surface area contributed by atoms with Crippen molar-refractivity contribution in [3.05, 3.63) is 46.8 Å². The van der Waals surface area contributed by atoms with E-state index in [4.69, 9.17) is 4.52 Å². The van der Waals surface area contributed by atoms with Crippen molar-refractivity contribution in [2.45, 2.75) is 33.1 Å². The van der Waals surface area contributed by atoms with E-state index in [1.165, 1.54) is 6.42 Å². The number of amides is 2. The van der Waals surface area contributed by atoms with Crippen molar-refractivity contribution in [1.82, 2.24) is 10.1 Å². The van der Waals surface area contributed by atoms with Gasteiger partial charge in [0.25, 0.3) is 11.8 Å². The Kier molecular flexibility index (Phi) is 4.64. The molecule has 1 N–H and O–H groups in total. The van der Waals surface area contributed by atoms with Gasteiger partial charge in [-0.05, 0) is 57.4 Å². The van der Waals surface area contributed by atoms with Crippen LogP contribution in [0.15, 0.2) is 28.8 Å². The summed E-state index contributed by atoms with van der Waals surface area (Å²) in [5.41, 5.74) is 2.28. The molecule has 1 aromatic heterocycles. The molecule has 6 nitrogen and oxygen atoms in total. The minimum Gasteiger partial charge on any atom is -0.361 e. The van der Waals surface area contributed by atoms with Crippen molar-refractivity contribution in [3.8, 4) is 0 Å². The Hall–Kier alpha value is -2.63. The Labute approximate surface area is 140 Å². The van der Waals surface area contributed by atoms with Gasteiger partial charge in [0.15, 0.2) is 0 Å². The summed E-state index contributed by atoms with van der Waals surface area (Å²) >= 11 is 0. The molecule has 1 aliphatic heterocycles. The summed E-state index contributed by atoms with van der Waals surface area (Å²) < 4.78 is 5.01. The van der Waals surface area contributed by atoms with E-state index in [1.807, 2.05) is 4.90 Å². The van der Waals surface area contributed by atoms with Crippen LogP contribution in [0.4, 0.5) is 5.69 Å². The van der Waals surface area contributed by atoms with E-state index >= 15 is 0 Å². The lowest BCUT2D eigenvalue weighted by atomic mass is 10.1. The van der Waals surface area contributed by atoms with Gasteiger partial charge in [-0.1, -0.05) is 5.16 Å². The number of rotatable bonds is 3. The van der Waals surface area contributed by atoms with Crippen LogP contribution in [-0.2, 0) is 0 Å². The maximum atomic E-state index is 12.4. The summed E-state index contributed by atoms with van der Waals surface area (Å²) in [5, 5.41) is 6.59. The van der Waals surface area contributed by atoms with Gasteiger partial charge in [-0.25, -0.2) is 0 Å². The SMILES string of the molecule is Cc1noc(C)c1C(=O)Nc1ccc(C(=O)N2CCCCC2)cc1. The van der Waals surface area contributed by atoms with Gasteiger partial charge in [-0.3, -0.25) is 9.59 Å². The van der Waals surface area contributed by atoms with Crippen molar-refractivity contribution in [2.24, 2.45) is 0 Å². The van der Waals surface area contributed by atoms with Crippen LogP contribution in [0.2, 0.25) is 0 Å². The maximum Gasteiger partial charge on any atom is 0.261 e. The van der Waals surface area contributed by atoms with Crippen LogP contribution in [-0.4, -0.2) is 35.0 Å². The molecule has 24 heavy (non-hydrogen) atoms. The Morgan fingerprint density at radius 1 is 1.08 bits per heavy atom. The monoisotopic (exact) mass is 327 g/mol. The fraction of sp³-hybridized carbons (Fsp3) is 0.389. The van der Waals surface area contributed by atoms with Gasteiger partial charge in [0.2, 0.25) is 0 Å². The number of benzene rings is 1. The average Bonchev–Trinajstić information content (AvgIpc) is 2.94. The number of carbonyl (C=O) groups is 2. The van der Waals surface area contributed by atoms with Crippen LogP contribution in [0.3, 0.4) is 0 Å². The molecule has 2 heterocycles. The van der Waals surface area contributed by atoms with E-state index in [1.54, 1.807) is 38.1 Å². The Morgan fingerprint density at radius 3 is 2.33 bits per heavy atom. The van der Waals surface area contributed by atoms with Gasteiger partial charge in [-0.15, -0.1) is 0 Å². The molecule has 1 aliphatic rings. The third kappa shape index (κ3) is 3.32. The van der Waals surface area contributed by atoms with Crippen LogP contribution in [0.1, 0.15) is 51.4 Å².